The summed E-state index contributed by atoms with van der Waals surface area (Å²) in [5.74, 6) is 0.971. The topological polar surface area (TPSA) is 67.6 Å². The Labute approximate surface area is 172 Å². The molecule has 29 heavy (non-hydrogen) atoms. The van der Waals surface area contributed by atoms with Gasteiger partial charge in [0.15, 0.2) is 5.65 Å². The fraction of sp³-hybridized carbons (Fsp3) is 0.500. The van der Waals surface area contributed by atoms with Crippen LogP contribution in [0.15, 0.2) is 36.5 Å². The van der Waals surface area contributed by atoms with Gasteiger partial charge in [0.2, 0.25) is 5.95 Å². The van der Waals surface area contributed by atoms with Crippen LogP contribution in [0.5, 0.6) is 6.01 Å². The minimum Gasteiger partial charge on any atom is -0.460 e. The molecule has 0 aliphatic carbocycles. The van der Waals surface area contributed by atoms with Crippen LogP contribution < -0.4 is 10.1 Å². The van der Waals surface area contributed by atoms with Gasteiger partial charge in [-0.3, -0.25) is 0 Å². The highest BCUT2D eigenvalue weighted by molar-refractivity contribution is 5.53. The number of piperidine rings is 1. The summed E-state index contributed by atoms with van der Waals surface area (Å²) in [6.45, 7) is 8.49. The van der Waals surface area contributed by atoms with Crippen LogP contribution in [0.1, 0.15) is 56.7 Å². The van der Waals surface area contributed by atoms with Gasteiger partial charge in [-0.05, 0) is 38.3 Å². The number of nitrogens with zero attached hydrogens (tertiary/aromatic N) is 5. The Morgan fingerprint density at radius 1 is 1.07 bits per heavy atom. The third-order valence-electron chi connectivity index (χ3n) is 5.58. The number of anilines is 1. The van der Waals surface area contributed by atoms with E-state index in [0.717, 1.165) is 37.1 Å². The summed E-state index contributed by atoms with van der Waals surface area (Å²) < 4.78 is 8.00. The summed E-state index contributed by atoms with van der Waals surface area (Å²) in [6.07, 6.45) is 4.01. The molecule has 1 aromatic carbocycles. The predicted molar refractivity (Wildman–Crippen MR) is 114 cm³/mol. The zero-order chi connectivity index (χ0) is 20.4. The number of benzene rings is 1. The third kappa shape index (κ3) is 4.34. The van der Waals surface area contributed by atoms with Gasteiger partial charge in [0.25, 0.3) is 0 Å². The molecule has 1 saturated heterocycles. The molecular formula is C22H30N6O. The maximum Gasteiger partial charge on any atom is 0.322 e. The fourth-order valence-corrected chi connectivity index (χ4v) is 3.70. The SMILES string of the molecule is CC(C)c1cnn2c(N[C@@H](C)c3ccccc3)nc(OC3CCN(C)CC3)nc12. The Hall–Kier alpha value is -2.67. The van der Waals surface area contributed by atoms with Gasteiger partial charge in [-0.2, -0.15) is 19.6 Å². The lowest BCUT2D eigenvalue weighted by atomic mass is 10.1. The number of likely N-dealkylation sites (tertiary alicyclic amines) is 1. The molecule has 0 saturated carbocycles. The van der Waals surface area contributed by atoms with Crippen LogP contribution in [-0.2, 0) is 0 Å². The summed E-state index contributed by atoms with van der Waals surface area (Å²) in [6, 6.07) is 10.8. The van der Waals surface area contributed by atoms with Crippen molar-refractivity contribution in [2.24, 2.45) is 0 Å². The van der Waals surface area contributed by atoms with Crippen molar-refractivity contribution in [3.8, 4) is 6.01 Å². The number of fused-ring (bicyclic) bond motifs is 1. The molecule has 1 aliphatic heterocycles. The second-order valence-corrected chi connectivity index (χ2v) is 8.22. The van der Waals surface area contributed by atoms with Crippen LogP contribution in [0.25, 0.3) is 5.65 Å². The van der Waals surface area contributed by atoms with Crippen molar-refractivity contribution in [1.82, 2.24) is 24.5 Å². The second kappa shape index (κ2) is 8.37. The van der Waals surface area contributed by atoms with Gasteiger partial charge in [-0.1, -0.05) is 44.2 Å². The fourth-order valence-electron chi connectivity index (χ4n) is 3.70. The van der Waals surface area contributed by atoms with Crippen LogP contribution in [0.2, 0.25) is 0 Å². The molecule has 1 N–H and O–H groups in total. The lowest BCUT2D eigenvalue weighted by Crippen LogP contribution is -2.36. The smallest absolute Gasteiger partial charge is 0.322 e. The van der Waals surface area contributed by atoms with Crippen LogP contribution in [0.3, 0.4) is 0 Å². The van der Waals surface area contributed by atoms with E-state index in [1.807, 2.05) is 24.4 Å². The first kappa shape index (κ1) is 19.6. The molecule has 1 atom stereocenters. The molecular weight excluding hydrogens is 364 g/mol. The van der Waals surface area contributed by atoms with Crippen molar-refractivity contribution in [3.05, 3.63) is 47.7 Å². The van der Waals surface area contributed by atoms with E-state index in [-0.39, 0.29) is 12.1 Å². The van der Waals surface area contributed by atoms with Crippen molar-refractivity contribution >= 4 is 11.6 Å². The molecule has 1 fully saturated rings. The Balaban J connectivity index is 1.66. The number of nitrogens with one attached hydrogen (secondary N) is 1. The monoisotopic (exact) mass is 394 g/mol. The van der Waals surface area contributed by atoms with Crippen molar-refractivity contribution in [1.29, 1.82) is 0 Å². The number of rotatable bonds is 6. The minimum absolute atomic E-state index is 0.0807. The standard InChI is InChI=1S/C22H30N6O/c1-15(2)19-14-23-28-20(19)25-22(29-18-10-12-27(4)13-11-18)26-21(28)24-16(3)17-8-6-5-7-9-17/h5-9,14-16,18H,10-13H2,1-4H3,(H,24,25,26)/t16-/m0/s1. The molecule has 0 spiro atoms. The average molecular weight is 395 g/mol. The molecule has 7 nitrogen and oxygen atoms in total. The molecule has 0 unspecified atom stereocenters. The minimum atomic E-state index is 0.0807. The maximum absolute atomic E-state index is 6.21. The highest BCUT2D eigenvalue weighted by Crippen LogP contribution is 2.26. The average Bonchev–Trinajstić information content (AvgIpc) is 3.15. The normalized spacial score (nSPS) is 17.0. The van der Waals surface area contributed by atoms with E-state index in [2.05, 4.69) is 55.3 Å². The molecule has 1 aliphatic rings. The van der Waals surface area contributed by atoms with Gasteiger partial charge in [0, 0.05) is 18.7 Å². The second-order valence-electron chi connectivity index (χ2n) is 8.22. The predicted octanol–water partition coefficient (Wildman–Crippen LogP) is 3.89. The first-order valence-corrected chi connectivity index (χ1v) is 10.4. The van der Waals surface area contributed by atoms with Crippen LogP contribution >= 0.6 is 0 Å². The lowest BCUT2D eigenvalue weighted by Gasteiger charge is -2.28. The van der Waals surface area contributed by atoms with Gasteiger partial charge in [0.1, 0.15) is 6.10 Å². The Morgan fingerprint density at radius 3 is 2.48 bits per heavy atom. The maximum atomic E-state index is 6.21. The van der Waals surface area contributed by atoms with Gasteiger partial charge in [-0.25, -0.2) is 0 Å². The van der Waals surface area contributed by atoms with E-state index in [1.165, 1.54) is 5.56 Å². The van der Waals surface area contributed by atoms with Crippen molar-refractivity contribution in [3.63, 3.8) is 0 Å². The number of hydrogen-bond acceptors (Lipinski definition) is 6. The molecule has 2 aromatic heterocycles. The third-order valence-corrected chi connectivity index (χ3v) is 5.58. The quantitative estimate of drug-likeness (QED) is 0.684. The zero-order valence-corrected chi connectivity index (χ0v) is 17.7. The number of hydrogen-bond donors (Lipinski definition) is 1. The van der Waals surface area contributed by atoms with Crippen molar-refractivity contribution < 1.29 is 4.74 Å². The van der Waals surface area contributed by atoms with Gasteiger partial charge in [-0.15, -0.1) is 0 Å². The van der Waals surface area contributed by atoms with Gasteiger partial charge < -0.3 is 15.0 Å². The summed E-state index contributed by atoms with van der Waals surface area (Å²) in [5, 5.41) is 8.05. The van der Waals surface area contributed by atoms with Crippen molar-refractivity contribution in [2.45, 2.75) is 51.7 Å². The zero-order valence-electron chi connectivity index (χ0n) is 17.7. The Bertz CT molecular complexity index is 947. The number of aromatic nitrogens is 4. The molecule has 4 rings (SSSR count). The van der Waals surface area contributed by atoms with Crippen LogP contribution in [0, 0.1) is 0 Å². The summed E-state index contributed by atoms with van der Waals surface area (Å²) >= 11 is 0. The van der Waals surface area contributed by atoms with E-state index >= 15 is 0 Å². The van der Waals surface area contributed by atoms with E-state index in [0.29, 0.717) is 17.9 Å². The highest BCUT2D eigenvalue weighted by atomic mass is 16.5. The number of ether oxygens (including phenoxy) is 1. The first-order valence-electron chi connectivity index (χ1n) is 10.4. The van der Waals surface area contributed by atoms with E-state index in [9.17, 15) is 0 Å². The largest absolute Gasteiger partial charge is 0.460 e. The highest BCUT2D eigenvalue weighted by Gasteiger charge is 2.22. The van der Waals surface area contributed by atoms with E-state index in [4.69, 9.17) is 14.7 Å². The molecule has 154 valence electrons. The molecule has 0 radical (unpaired) electrons. The molecule has 0 bridgehead atoms. The lowest BCUT2D eigenvalue weighted by molar-refractivity contribution is 0.105. The van der Waals surface area contributed by atoms with E-state index < -0.39 is 0 Å². The van der Waals surface area contributed by atoms with Crippen LogP contribution in [-0.4, -0.2) is 50.7 Å². The van der Waals surface area contributed by atoms with Gasteiger partial charge >= 0.3 is 6.01 Å². The Morgan fingerprint density at radius 2 is 1.79 bits per heavy atom. The summed E-state index contributed by atoms with van der Waals surface area (Å²) in [4.78, 5) is 11.7. The summed E-state index contributed by atoms with van der Waals surface area (Å²) in [5.41, 5.74) is 3.09. The molecule has 0 amide bonds. The van der Waals surface area contributed by atoms with Gasteiger partial charge in [0.05, 0.1) is 12.2 Å². The molecule has 7 heteroatoms. The first-order chi connectivity index (χ1) is 14.0. The van der Waals surface area contributed by atoms with Crippen LogP contribution in [0.4, 0.5) is 5.95 Å². The van der Waals surface area contributed by atoms with Crippen molar-refractivity contribution in [2.75, 3.05) is 25.5 Å². The van der Waals surface area contributed by atoms with E-state index in [1.54, 1.807) is 4.52 Å². The Kier molecular flexibility index (Phi) is 5.67. The molecule has 3 heterocycles. The summed E-state index contributed by atoms with van der Waals surface area (Å²) in [7, 11) is 2.15. The molecule has 3 aromatic rings.